The lowest BCUT2D eigenvalue weighted by molar-refractivity contribution is -0.143. The van der Waals surface area contributed by atoms with E-state index in [1.165, 1.54) is 0 Å². The number of hydrogen-bond donors (Lipinski definition) is 1. The highest BCUT2D eigenvalue weighted by Crippen LogP contribution is 2.24. The molecule has 1 aromatic carbocycles. The molecule has 1 fully saturated rings. The number of rotatable bonds is 3. The molecule has 1 atom stereocenters. The summed E-state index contributed by atoms with van der Waals surface area (Å²) in [7, 11) is 0. The van der Waals surface area contributed by atoms with Crippen LogP contribution in [0, 0.1) is 0 Å². The van der Waals surface area contributed by atoms with Gasteiger partial charge in [-0.15, -0.1) is 0 Å². The molecular weight excluding hydrogens is 202 g/mol. The summed E-state index contributed by atoms with van der Waals surface area (Å²) >= 11 is 0. The first-order valence-electron chi connectivity index (χ1n) is 5.74. The van der Waals surface area contributed by atoms with Gasteiger partial charge in [-0.3, -0.25) is 4.79 Å². The quantitative estimate of drug-likeness (QED) is 0.834. The lowest BCUT2D eigenvalue weighted by Gasteiger charge is -2.38. The van der Waals surface area contributed by atoms with Crippen LogP contribution in [0.2, 0.25) is 0 Å². The molecule has 1 N–H and O–H groups in total. The Bertz CT molecular complexity index is 357. The van der Waals surface area contributed by atoms with Crippen molar-refractivity contribution in [1.82, 2.24) is 4.90 Å². The number of carbonyl (C=O) groups is 1. The van der Waals surface area contributed by atoms with Crippen LogP contribution in [-0.2, 0) is 4.79 Å². The van der Waals surface area contributed by atoms with Gasteiger partial charge in [-0.05, 0) is 12.0 Å². The molecule has 1 aliphatic heterocycles. The van der Waals surface area contributed by atoms with Crippen LogP contribution in [0.5, 0.6) is 0 Å². The maximum absolute atomic E-state index is 12.1. The summed E-state index contributed by atoms with van der Waals surface area (Å²) < 4.78 is 0. The van der Waals surface area contributed by atoms with Crippen LogP contribution >= 0.6 is 0 Å². The molecule has 86 valence electrons. The third kappa shape index (κ3) is 2.09. The molecule has 3 heteroatoms. The maximum atomic E-state index is 12.1. The number of likely N-dealkylation sites (tertiary alicyclic amines) is 1. The van der Waals surface area contributed by atoms with E-state index < -0.39 is 0 Å². The van der Waals surface area contributed by atoms with Crippen molar-refractivity contribution in [3.8, 4) is 0 Å². The highest BCUT2D eigenvalue weighted by atomic mass is 16.3. The summed E-state index contributed by atoms with van der Waals surface area (Å²) in [6.45, 7) is 3.00. The molecule has 16 heavy (non-hydrogen) atoms. The third-order valence-electron chi connectivity index (χ3n) is 3.08. The van der Waals surface area contributed by atoms with Gasteiger partial charge in [-0.25, -0.2) is 0 Å². The van der Waals surface area contributed by atoms with Crippen molar-refractivity contribution in [2.75, 3.05) is 13.1 Å². The summed E-state index contributed by atoms with van der Waals surface area (Å²) in [6, 6.07) is 9.84. The second kappa shape index (κ2) is 4.66. The predicted molar refractivity (Wildman–Crippen MR) is 62.1 cm³/mol. The molecule has 0 radical (unpaired) electrons. The lowest BCUT2D eigenvalue weighted by atomic mass is 9.93. The van der Waals surface area contributed by atoms with Crippen molar-refractivity contribution < 1.29 is 9.90 Å². The standard InChI is InChI=1S/C13H17NO2/c1-2-12(10-6-4-3-5-7-10)13(16)14-8-11(15)9-14/h3-7,11-12,15H,2,8-9H2,1H3. The Morgan fingerprint density at radius 1 is 1.44 bits per heavy atom. The van der Waals surface area contributed by atoms with Gasteiger partial charge in [-0.1, -0.05) is 37.3 Å². The molecule has 3 nitrogen and oxygen atoms in total. The highest BCUT2D eigenvalue weighted by molar-refractivity contribution is 5.84. The molecule has 1 aliphatic rings. The Morgan fingerprint density at radius 2 is 2.06 bits per heavy atom. The van der Waals surface area contributed by atoms with E-state index in [1.807, 2.05) is 37.3 Å². The summed E-state index contributed by atoms with van der Waals surface area (Å²) in [6.07, 6.45) is 0.479. The fraction of sp³-hybridized carbons (Fsp3) is 0.462. The molecule has 0 saturated carbocycles. The van der Waals surface area contributed by atoms with E-state index >= 15 is 0 Å². The fourth-order valence-corrected chi connectivity index (χ4v) is 2.09. The van der Waals surface area contributed by atoms with E-state index in [1.54, 1.807) is 4.90 Å². The molecule has 0 aromatic heterocycles. The van der Waals surface area contributed by atoms with Gasteiger partial charge in [0.15, 0.2) is 0 Å². The Hall–Kier alpha value is -1.35. The molecule has 1 heterocycles. The molecule has 0 spiro atoms. The molecule has 1 unspecified atom stereocenters. The predicted octanol–water partition coefficient (Wildman–Crippen LogP) is 1.38. The zero-order chi connectivity index (χ0) is 11.5. The molecule has 1 saturated heterocycles. The topological polar surface area (TPSA) is 40.5 Å². The number of benzene rings is 1. The first kappa shape index (κ1) is 11.1. The van der Waals surface area contributed by atoms with Crippen molar-refractivity contribution in [1.29, 1.82) is 0 Å². The average molecular weight is 219 g/mol. The number of hydrogen-bond acceptors (Lipinski definition) is 2. The number of β-amino-alcohol motifs (C(OH)–C–C–N with tert-alkyl or cyclic N) is 1. The van der Waals surface area contributed by atoms with Gasteiger partial charge in [0.05, 0.1) is 12.0 Å². The number of aliphatic hydroxyl groups is 1. The van der Waals surface area contributed by atoms with Gasteiger partial charge >= 0.3 is 0 Å². The zero-order valence-corrected chi connectivity index (χ0v) is 9.47. The Balaban J connectivity index is 2.08. The van der Waals surface area contributed by atoms with Crippen molar-refractivity contribution in [3.63, 3.8) is 0 Å². The lowest BCUT2D eigenvalue weighted by Crippen LogP contribution is -2.54. The SMILES string of the molecule is CCC(C(=O)N1CC(O)C1)c1ccccc1. The van der Waals surface area contributed by atoms with E-state index in [0.29, 0.717) is 13.1 Å². The molecule has 0 aliphatic carbocycles. The van der Waals surface area contributed by atoms with Crippen LogP contribution in [0.4, 0.5) is 0 Å². The van der Waals surface area contributed by atoms with Gasteiger partial charge in [-0.2, -0.15) is 0 Å². The van der Waals surface area contributed by atoms with Gasteiger partial charge < -0.3 is 10.0 Å². The van der Waals surface area contributed by atoms with E-state index in [4.69, 9.17) is 0 Å². The van der Waals surface area contributed by atoms with Crippen molar-refractivity contribution in [3.05, 3.63) is 35.9 Å². The van der Waals surface area contributed by atoms with Crippen LogP contribution in [0.1, 0.15) is 24.8 Å². The fourth-order valence-electron chi connectivity index (χ4n) is 2.09. The number of aliphatic hydroxyl groups excluding tert-OH is 1. The summed E-state index contributed by atoms with van der Waals surface area (Å²) in [4.78, 5) is 13.8. The Labute approximate surface area is 95.7 Å². The summed E-state index contributed by atoms with van der Waals surface area (Å²) in [5.41, 5.74) is 1.07. The monoisotopic (exact) mass is 219 g/mol. The highest BCUT2D eigenvalue weighted by Gasteiger charge is 2.32. The average Bonchev–Trinajstić information content (AvgIpc) is 2.27. The second-order valence-corrected chi connectivity index (χ2v) is 4.27. The molecule has 0 bridgehead atoms. The van der Waals surface area contributed by atoms with Crippen LogP contribution in [0.15, 0.2) is 30.3 Å². The minimum atomic E-state index is -0.322. The van der Waals surface area contributed by atoms with Crippen LogP contribution in [-0.4, -0.2) is 35.1 Å². The number of nitrogens with zero attached hydrogens (tertiary/aromatic N) is 1. The van der Waals surface area contributed by atoms with Gasteiger partial charge in [0.25, 0.3) is 0 Å². The minimum absolute atomic E-state index is 0.0614. The van der Waals surface area contributed by atoms with Gasteiger partial charge in [0, 0.05) is 13.1 Å². The second-order valence-electron chi connectivity index (χ2n) is 4.27. The number of carbonyl (C=O) groups excluding carboxylic acids is 1. The molecule has 2 rings (SSSR count). The first-order valence-corrected chi connectivity index (χ1v) is 5.74. The van der Waals surface area contributed by atoms with Crippen LogP contribution in [0.3, 0.4) is 0 Å². The van der Waals surface area contributed by atoms with Gasteiger partial charge in [0.2, 0.25) is 5.91 Å². The third-order valence-corrected chi connectivity index (χ3v) is 3.08. The van der Waals surface area contributed by atoms with Crippen molar-refractivity contribution in [2.45, 2.75) is 25.4 Å². The Morgan fingerprint density at radius 3 is 2.56 bits per heavy atom. The smallest absolute Gasteiger partial charge is 0.230 e. The summed E-state index contributed by atoms with van der Waals surface area (Å²) in [5.74, 6) is 0.0766. The Kier molecular flexibility index (Phi) is 3.25. The minimum Gasteiger partial charge on any atom is -0.389 e. The largest absolute Gasteiger partial charge is 0.389 e. The van der Waals surface area contributed by atoms with Crippen molar-refractivity contribution >= 4 is 5.91 Å². The first-order chi connectivity index (χ1) is 7.72. The number of amides is 1. The normalized spacial score (nSPS) is 18.0. The van der Waals surface area contributed by atoms with Crippen molar-refractivity contribution in [2.24, 2.45) is 0 Å². The molecular formula is C13H17NO2. The molecule has 1 amide bonds. The van der Waals surface area contributed by atoms with Crippen LogP contribution in [0.25, 0.3) is 0 Å². The van der Waals surface area contributed by atoms with E-state index in [9.17, 15) is 9.90 Å². The van der Waals surface area contributed by atoms with Gasteiger partial charge in [0.1, 0.15) is 0 Å². The maximum Gasteiger partial charge on any atom is 0.230 e. The van der Waals surface area contributed by atoms with E-state index in [2.05, 4.69) is 0 Å². The van der Waals surface area contributed by atoms with E-state index in [-0.39, 0.29) is 17.9 Å². The van der Waals surface area contributed by atoms with E-state index in [0.717, 1.165) is 12.0 Å². The zero-order valence-electron chi connectivity index (χ0n) is 9.47. The molecule has 1 aromatic rings. The van der Waals surface area contributed by atoms with Crippen LogP contribution < -0.4 is 0 Å². The summed E-state index contributed by atoms with van der Waals surface area (Å²) in [5, 5.41) is 9.20.